The molecule has 274 valence electrons. The lowest BCUT2D eigenvalue weighted by molar-refractivity contribution is -0.136. The summed E-state index contributed by atoms with van der Waals surface area (Å²) in [5, 5.41) is 12.5. The molecule has 10 heteroatoms. The Balaban J connectivity index is 0.780. The van der Waals surface area contributed by atoms with Crippen LogP contribution in [0.5, 0.6) is 17.2 Å². The number of hydrogen-bond donors (Lipinski definition) is 2. The number of carbonyl (C=O) groups is 3. The van der Waals surface area contributed by atoms with Crippen molar-refractivity contribution in [2.24, 2.45) is 0 Å². The summed E-state index contributed by atoms with van der Waals surface area (Å²) in [6, 6.07) is 30.0. The number of imide groups is 1. The van der Waals surface area contributed by atoms with E-state index in [1.807, 2.05) is 24.3 Å². The molecule has 53 heavy (non-hydrogen) atoms. The number of aromatic hydroxyl groups is 1. The summed E-state index contributed by atoms with van der Waals surface area (Å²) in [6.45, 7) is 6.67. The molecule has 0 bridgehead atoms. The second-order valence-electron chi connectivity index (χ2n) is 14.6. The van der Waals surface area contributed by atoms with Crippen molar-refractivity contribution < 1.29 is 29.0 Å². The fraction of sp³-hybridized carbons (Fsp3) is 0.372. The van der Waals surface area contributed by atoms with E-state index in [0.29, 0.717) is 31.7 Å². The fourth-order valence-electron chi connectivity index (χ4n) is 8.37. The zero-order valence-electron chi connectivity index (χ0n) is 29.9. The van der Waals surface area contributed by atoms with Gasteiger partial charge in [0.1, 0.15) is 23.3 Å². The van der Waals surface area contributed by atoms with E-state index in [0.717, 1.165) is 74.6 Å². The van der Waals surface area contributed by atoms with Crippen molar-refractivity contribution in [3.05, 3.63) is 119 Å². The quantitative estimate of drug-likeness (QED) is 0.148. The average Bonchev–Trinajstić information content (AvgIpc) is 3.51. The summed E-state index contributed by atoms with van der Waals surface area (Å²) in [6.07, 6.45) is 3.75. The van der Waals surface area contributed by atoms with Gasteiger partial charge in [-0.05, 0) is 85.3 Å². The number of nitrogens with one attached hydrogen (secondary N) is 1. The van der Waals surface area contributed by atoms with Crippen molar-refractivity contribution in [2.75, 3.05) is 50.8 Å². The van der Waals surface area contributed by atoms with Crippen LogP contribution in [0.25, 0.3) is 0 Å². The molecule has 2 fully saturated rings. The summed E-state index contributed by atoms with van der Waals surface area (Å²) in [7, 11) is 0. The zero-order valence-corrected chi connectivity index (χ0v) is 29.9. The molecule has 2 saturated heterocycles. The predicted molar refractivity (Wildman–Crippen MR) is 202 cm³/mol. The topological polar surface area (TPSA) is 112 Å². The van der Waals surface area contributed by atoms with Crippen molar-refractivity contribution in [1.82, 2.24) is 15.1 Å². The van der Waals surface area contributed by atoms with E-state index in [1.54, 1.807) is 23.1 Å². The maximum Gasteiger partial charge on any atom is 0.255 e. The minimum Gasteiger partial charge on any atom is -0.508 e. The molecule has 0 aromatic heterocycles. The van der Waals surface area contributed by atoms with Gasteiger partial charge < -0.3 is 24.4 Å². The number of hydrogen-bond acceptors (Lipinski definition) is 8. The van der Waals surface area contributed by atoms with E-state index in [1.165, 1.54) is 16.8 Å². The number of nitrogens with zero attached hydrogens (tertiary/aromatic N) is 3. The number of ether oxygens (including phenoxy) is 2. The summed E-state index contributed by atoms with van der Waals surface area (Å²) >= 11 is 0. The number of unbranched alkanes of at least 4 members (excludes halogenated alkanes) is 2. The van der Waals surface area contributed by atoms with E-state index in [2.05, 4.69) is 63.6 Å². The number of benzene rings is 4. The normalized spacial score (nSPS) is 21.5. The first-order valence-electron chi connectivity index (χ1n) is 18.9. The Hall–Kier alpha value is -5.35. The number of piperazine rings is 1. The Kier molecular flexibility index (Phi) is 10.0. The molecule has 4 aliphatic rings. The molecule has 4 heterocycles. The Morgan fingerprint density at radius 3 is 2.43 bits per heavy atom. The van der Waals surface area contributed by atoms with Crippen LogP contribution in [0.3, 0.4) is 0 Å². The van der Waals surface area contributed by atoms with Crippen molar-refractivity contribution in [3.63, 3.8) is 0 Å². The number of fused-ring (bicyclic) bond motifs is 2. The van der Waals surface area contributed by atoms with Crippen molar-refractivity contribution in [1.29, 1.82) is 0 Å². The summed E-state index contributed by atoms with van der Waals surface area (Å²) in [5.74, 6) is 1.18. The highest BCUT2D eigenvalue weighted by Gasteiger charge is 2.39. The maximum absolute atomic E-state index is 13.0. The molecule has 1 unspecified atom stereocenters. The van der Waals surface area contributed by atoms with E-state index in [4.69, 9.17) is 9.47 Å². The zero-order chi connectivity index (χ0) is 36.3. The second kappa shape index (κ2) is 15.3. The van der Waals surface area contributed by atoms with E-state index in [9.17, 15) is 19.5 Å². The molecule has 0 saturated carbocycles. The van der Waals surface area contributed by atoms with Gasteiger partial charge in [-0.25, -0.2) is 0 Å². The molecule has 3 amide bonds. The Morgan fingerprint density at radius 1 is 0.830 bits per heavy atom. The number of rotatable bonds is 11. The van der Waals surface area contributed by atoms with Gasteiger partial charge in [-0.3, -0.25) is 24.6 Å². The molecular formula is C43H46N4O6. The maximum atomic E-state index is 13.0. The van der Waals surface area contributed by atoms with Gasteiger partial charge in [0.25, 0.3) is 5.91 Å². The van der Waals surface area contributed by atoms with Gasteiger partial charge in [-0.15, -0.1) is 0 Å². The summed E-state index contributed by atoms with van der Waals surface area (Å²) in [4.78, 5) is 43.4. The van der Waals surface area contributed by atoms with Crippen molar-refractivity contribution in [3.8, 4) is 17.2 Å². The minimum atomic E-state index is -0.611. The smallest absolute Gasteiger partial charge is 0.255 e. The number of carbonyl (C=O) groups excluding carboxylic acids is 3. The highest BCUT2D eigenvalue weighted by molar-refractivity contribution is 6.05. The third-order valence-corrected chi connectivity index (χ3v) is 11.3. The first kappa shape index (κ1) is 34.7. The Morgan fingerprint density at radius 2 is 1.64 bits per heavy atom. The van der Waals surface area contributed by atoms with Gasteiger partial charge in [0.15, 0.2) is 0 Å². The Labute approximate surface area is 310 Å². The number of phenols is 1. The van der Waals surface area contributed by atoms with Gasteiger partial charge in [-0.2, -0.15) is 0 Å². The van der Waals surface area contributed by atoms with Gasteiger partial charge in [0.2, 0.25) is 11.8 Å². The summed E-state index contributed by atoms with van der Waals surface area (Å²) < 4.78 is 12.2. The Bertz CT molecular complexity index is 1960. The monoisotopic (exact) mass is 714 g/mol. The number of piperidine rings is 1. The van der Waals surface area contributed by atoms with Crippen molar-refractivity contribution >= 4 is 23.4 Å². The SMILES string of the molecule is O=C1CCC(N2Cc3cc(OCCCCCN4CCN(c5ccc([C@@H]6c7ccc(O)cc7OC[C@@H]6c6ccccc6)cc5)CC4)ccc3C2=O)C(=O)N1. The van der Waals surface area contributed by atoms with Crippen LogP contribution in [0.15, 0.2) is 91.0 Å². The van der Waals surface area contributed by atoms with Gasteiger partial charge >= 0.3 is 0 Å². The number of phenolic OH excluding ortho intramolecular Hbond substituents is 1. The molecule has 4 aromatic rings. The first-order valence-corrected chi connectivity index (χ1v) is 18.9. The molecule has 8 rings (SSSR count). The van der Waals surface area contributed by atoms with E-state index in [-0.39, 0.29) is 35.8 Å². The van der Waals surface area contributed by atoms with Crippen LogP contribution in [-0.4, -0.2) is 84.6 Å². The average molecular weight is 715 g/mol. The molecule has 3 atom stereocenters. The molecule has 4 aliphatic heterocycles. The fourth-order valence-corrected chi connectivity index (χ4v) is 8.37. The lowest BCUT2D eigenvalue weighted by atomic mass is 9.76. The molecule has 0 aliphatic carbocycles. The van der Waals surface area contributed by atoms with Crippen LogP contribution in [0, 0.1) is 0 Å². The molecule has 10 nitrogen and oxygen atoms in total. The molecular weight excluding hydrogens is 668 g/mol. The standard InChI is InChI=1S/C43H46N4O6/c48-33-13-15-36-39(26-33)53-28-37(29-7-3-1-4-8-29)41(36)30-9-11-32(12-10-30)46-22-20-45(21-23-46)19-5-2-6-24-52-34-14-16-35-31(25-34)27-47(43(35)51)38-17-18-40(49)44-42(38)50/h1,3-4,7-16,25-26,37-38,41,48H,2,5-6,17-24,27-28H2,(H,44,49,50)/t37-,38?,41-/m1/s1. The van der Waals surface area contributed by atoms with Crippen LogP contribution in [0.1, 0.15) is 76.6 Å². The third-order valence-electron chi connectivity index (χ3n) is 11.3. The molecule has 4 aromatic carbocycles. The number of anilines is 1. The molecule has 0 spiro atoms. The summed E-state index contributed by atoms with van der Waals surface area (Å²) in [5.41, 5.74) is 6.32. The van der Waals surface area contributed by atoms with Crippen LogP contribution in [0.4, 0.5) is 5.69 Å². The lowest BCUT2D eigenvalue weighted by Gasteiger charge is -2.37. The lowest BCUT2D eigenvalue weighted by Crippen LogP contribution is -2.52. The minimum absolute atomic E-state index is 0.134. The first-order chi connectivity index (χ1) is 25.9. The predicted octanol–water partition coefficient (Wildman–Crippen LogP) is 5.83. The highest BCUT2D eigenvalue weighted by atomic mass is 16.5. The highest BCUT2D eigenvalue weighted by Crippen LogP contribution is 2.47. The number of amides is 3. The van der Waals surface area contributed by atoms with E-state index >= 15 is 0 Å². The van der Waals surface area contributed by atoms with Crippen LogP contribution in [0.2, 0.25) is 0 Å². The van der Waals surface area contributed by atoms with Gasteiger partial charge in [0, 0.05) is 73.9 Å². The van der Waals surface area contributed by atoms with Gasteiger partial charge in [0.05, 0.1) is 13.2 Å². The third kappa shape index (κ3) is 7.46. The van der Waals surface area contributed by atoms with Gasteiger partial charge in [-0.1, -0.05) is 48.5 Å². The molecule has 0 radical (unpaired) electrons. The van der Waals surface area contributed by atoms with E-state index < -0.39 is 11.9 Å². The largest absolute Gasteiger partial charge is 0.508 e. The molecule has 2 N–H and O–H groups in total. The second-order valence-corrected chi connectivity index (χ2v) is 14.6. The van der Waals surface area contributed by atoms with Crippen molar-refractivity contribution in [2.45, 2.75) is 56.5 Å². The van der Waals surface area contributed by atoms with Crippen LogP contribution >= 0.6 is 0 Å². The van der Waals surface area contributed by atoms with Crippen LogP contribution < -0.4 is 19.7 Å². The van der Waals surface area contributed by atoms with Crippen LogP contribution in [-0.2, 0) is 16.1 Å².